The van der Waals surface area contributed by atoms with E-state index in [0.717, 1.165) is 50.6 Å². The number of morpholine rings is 1. The summed E-state index contributed by atoms with van der Waals surface area (Å²) >= 11 is 0. The maximum Gasteiger partial charge on any atom is 0.0712 e. The topological polar surface area (TPSA) is 37.4 Å². The summed E-state index contributed by atoms with van der Waals surface area (Å²) in [5, 5.41) is 3.36. The first-order chi connectivity index (χ1) is 8.74. The van der Waals surface area contributed by atoms with Crippen molar-refractivity contribution in [3.05, 3.63) is 29.6 Å². The number of nitrogens with zero attached hydrogens (tertiary/aromatic N) is 2. The standard InChI is InChI=1S/C14H23N3O/c1-12-4-3-5-13(16-12)11-17(2)8-6-14-10-15-7-9-18-14/h3-5,14-15H,6-11H2,1-2H3. The highest BCUT2D eigenvalue weighted by molar-refractivity contribution is 5.09. The zero-order chi connectivity index (χ0) is 12.8. The number of ether oxygens (including phenoxy) is 1. The second-order valence-electron chi connectivity index (χ2n) is 4.99. The van der Waals surface area contributed by atoms with Gasteiger partial charge in [0.15, 0.2) is 0 Å². The number of hydrogen-bond donors (Lipinski definition) is 1. The minimum Gasteiger partial charge on any atom is -0.376 e. The fourth-order valence-corrected chi connectivity index (χ4v) is 2.21. The molecule has 100 valence electrons. The molecule has 4 heteroatoms. The molecule has 0 bridgehead atoms. The maximum atomic E-state index is 5.69. The average molecular weight is 249 g/mol. The minimum absolute atomic E-state index is 0.367. The van der Waals surface area contributed by atoms with Gasteiger partial charge >= 0.3 is 0 Å². The minimum atomic E-state index is 0.367. The average Bonchev–Trinajstić information content (AvgIpc) is 2.38. The van der Waals surface area contributed by atoms with Gasteiger partial charge in [-0.25, -0.2) is 0 Å². The van der Waals surface area contributed by atoms with Crippen molar-refractivity contribution < 1.29 is 4.74 Å². The Morgan fingerprint density at radius 2 is 2.39 bits per heavy atom. The van der Waals surface area contributed by atoms with Gasteiger partial charge in [-0.1, -0.05) is 6.07 Å². The molecule has 1 fully saturated rings. The fraction of sp³-hybridized carbons (Fsp3) is 0.643. The Kier molecular flexibility index (Phi) is 5.11. The smallest absolute Gasteiger partial charge is 0.0712 e. The van der Waals surface area contributed by atoms with E-state index in [1.165, 1.54) is 0 Å². The van der Waals surface area contributed by atoms with E-state index in [-0.39, 0.29) is 0 Å². The molecular formula is C14H23N3O. The van der Waals surface area contributed by atoms with E-state index in [0.29, 0.717) is 6.10 Å². The number of aromatic nitrogens is 1. The van der Waals surface area contributed by atoms with Crippen molar-refractivity contribution in [1.29, 1.82) is 0 Å². The van der Waals surface area contributed by atoms with Crippen LogP contribution < -0.4 is 5.32 Å². The first-order valence-electron chi connectivity index (χ1n) is 6.67. The van der Waals surface area contributed by atoms with Crippen LogP contribution in [0.5, 0.6) is 0 Å². The largest absolute Gasteiger partial charge is 0.376 e. The number of nitrogens with one attached hydrogen (secondary N) is 1. The molecule has 4 nitrogen and oxygen atoms in total. The van der Waals surface area contributed by atoms with E-state index < -0.39 is 0 Å². The highest BCUT2D eigenvalue weighted by atomic mass is 16.5. The summed E-state index contributed by atoms with van der Waals surface area (Å²) in [5.41, 5.74) is 2.22. The Morgan fingerprint density at radius 1 is 1.50 bits per heavy atom. The Balaban J connectivity index is 1.72. The van der Waals surface area contributed by atoms with Gasteiger partial charge in [0.05, 0.1) is 18.4 Å². The maximum absolute atomic E-state index is 5.69. The molecule has 1 aliphatic rings. The molecule has 1 aromatic heterocycles. The molecule has 18 heavy (non-hydrogen) atoms. The zero-order valence-corrected chi connectivity index (χ0v) is 11.4. The van der Waals surface area contributed by atoms with Crippen LogP contribution in [0.25, 0.3) is 0 Å². The first-order valence-corrected chi connectivity index (χ1v) is 6.67. The van der Waals surface area contributed by atoms with Crippen molar-refractivity contribution >= 4 is 0 Å². The molecule has 1 unspecified atom stereocenters. The normalized spacial score (nSPS) is 20.3. The van der Waals surface area contributed by atoms with Crippen LogP contribution in [0.1, 0.15) is 17.8 Å². The van der Waals surface area contributed by atoms with Crippen LogP contribution in [0.4, 0.5) is 0 Å². The van der Waals surface area contributed by atoms with Gasteiger partial charge in [0, 0.05) is 31.9 Å². The second-order valence-corrected chi connectivity index (χ2v) is 4.99. The predicted octanol–water partition coefficient (Wildman–Crippen LogP) is 1.20. The van der Waals surface area contributed by atoms with E-state index in [4.69, 9.17) is 4.74 Å². The molecule has 0 saturated carbocycles. The molecule has 0 radical (unpaired) electrons. The van der Waals surface area contributed by atoms with E-state index in [1.54, 1.807) is 0 Å². The van der Waals surface area contributed by atoms with E-state index in [9.17, 15) is 0 Å². The third kappa shape index (κ3) is 4.37. The van der Waals surface area contributed by atoms with Gasteiger partial charge in [-0.3, -0.25) is 4.98 Å². The van der Waals surface area contributed by atoms with Crippen LogP contribution in [-0.4, -0.2) is 49.3 Å². The van der Waals surface area contributed by atoms with Crippen molar-refractivity contribution in [2.75, 3.05) is 33.3 Å². The molecule has 1 atom stereocenters. The Hall–Kier alpha value is -0.970. The second kappa shape index (κ2) is 6.83. The molecule has 1 aromatic rings. The lowest BCUT2D eigenvalue weighted by atomic mass is 10.2. The summed E-state index contributed by atoms with van der Waals surface area (Å²) in [4.78, 5) is 6.83. The Morgan fingerprint density at radius 3 is 3.11 bits per heavy atom. The number of hydrogen-bond acceptors (Lipinski definition) is 4. The molecule has 1 aliphatic heterocycles. The van der Waals surface area contributed by atoms with E-state index in [1.807, 2.05) is 13.0 Å². The molecule has 0 aromatic carbocycles. The number of aryl methyl sites for hydroxylation is 1. The van der Waals surface area contributed by atoms with Crippen LogP contribution in [0.15, 0.2) is 18.2 Å². The van der Waals surface area contributed by atoms with Crippen molar-refractivity contribution in [3.63, 3.8) is 0 Å². The van der Waals surface area contributed by atoms with Crippen molar-refractivity contribution in [2.45, 2.75) is 26.0 Å². The van der Waals surface area contributed by atoms with Crippen LogP contribution in [-0.2, 0) is 11.3 Å². The van der Waals surface area contributed by atoms with Crippen molar-refractivity contribution in [3.8, 4) is 0 Å². The highest BCUT2D eigenvalue weighted by Crippen LogP contribution is 2.06. The molecule has 1 saturated heterocycles. The van der Waals surface area contributed by atoms with E-state index in [2.05, 4.69) is 34.4 Å². The lowest BCUT2D eigenvalue weighted by molar-refractivity contribution is 0.0183. The lowest BCUT2D eigenvalue weighted by Gasteiger charge is -2.25. The third-order valence-electron chi connectivity index (χ3n) is 3.22. The number of rotatable bonds is 5. The van der Waals surface area contributed by atoms with Gasteiger partial charge in [0.2, 0.25) is 0 Å². The Labute approximate surface area is 109 Å². The van der Waals surface area contributed by atoms with Gasteiger partial charge in [0.1, 0.15) is 0 Å². The monoisotopic (exact) mass is 249 g/mol. The van der Waals surface area contributed by atoms with Crippen LogP contribution in [0, 0.1) is 6.92 Å². The SMILES string of the molecule is Cc1cccc(CN(C)CCC2CNCCO2)n1. The predicted molar refractivity (Wildman–Crippen MR) is 72.5 cm³/mol. The van der Waals surface area contributed by atoms with E-state index >= 15 is 0 Å². The lowest BCUT2D eigenvalue weighted by Crippen LogP contribution is -2.40. The van der Waals surface area contributed by atoms with Crippen LogP contribution >= 0.6 is 0 Å². The molecular weight excluding hydrogens is 226 g/mol. The Bertz CT molecular complexity index is 364. The fourth-order valence-electron chi connectivity index (χ4n) is 2.21. The van der Waals surface area contributed by atoms with Gasteiger partial charge in [-0.15, -0.1) is 0 Å². The molecule has 0 amide bonds. The zero-order valence-electron chi connectivity index (χ0n) is 11.4. The summed E-state index contributed by atoms with van der Waals surface area (Å²) in [6.07, 6.45) is 1.45. The summed E-state index contributed by atoms with van der Waals surface area (Å²) in [6.45, 7) is 6.79. The van der Waals surface area contributed by atoms with Gasteiger partial charge in [0.25, 0.3) is 0 Å². The molecule has 2 rings (SSSR count). The molecule has 0 aliphatic carbocycles. The quantitative estimate of drug-likeness (QED) is 0.851. The van der Waals surface area contributed by atoms with Crippen LogP contribution in [0.2, 0.25) is 0 Å². The molecule has 0 spiro atoms. The van der Waals surface area contributed by atoms with Crippen LogP contribution in [0.3, 0.4) is 0 Å². The van der Waals surface area contributed by atoms with Gasteiger partial charge in [-0.2, -0.15) is 0 Å². The highest BCUT2D eigenvalue weighted by Gasteiger charge is 2.13. The first kappa shape index (κ1) is 13.5. The van der Waals surface area contributed by atoms with Crippen molar-refractivity contribution in [1.82, 2.24) is 15.2 Å². The molecule has 1 N–H and O–H groups in total. The summed E-state index contributed by atoms with van der Waals surface area (Å²) in [6, 6.07) is 6.19. The third-order valence-corrected chi connectivity index (χ3v) is 3.22. The van der Waals surface area contributed by atoms with Crippen molar-refractivity contribution in [2.24, 2.45) is 0 Å². The summed E-state index contributed by atoms with van der Waals surface area (Å²) in [5.74, 6) is 0. The summed E-state index contributed by atoms with van der Waals surface area (Å²) in [7, 11) is 2.14. The summed E-state index contributed by atoms with van der Waals surface area (Å²) < 4.78 is 5.69. The van der Waals surface area contributed by atoms with Gasteiger partial charge < -0.3 is 15.0 Å². The van der Waals surface area contributed by atoms with Gasteiger partial charge in [-0.05, 0) is 32.5 Å². The molecule has 2 heterocycles. The number of pyridine rings is 1.